The lowest BCUT2D eigenvalue weighted by atomic mass is 9.80. The van der Waals surface area contributed by atoms with Gasteiger partial charge in [-0.2, -0.15) is 5.10 Å². The van der Waals surface area contributed by atoms with Crippen molar-refractivity contribution in [3.8, 4) is 5.75 Å². The fourth-order valence-corrected chi connectivity index (χ4v) is 5.47. The van der Waals surface area contributed by atoms with Gasteiger partial charge in [0.25, 0.3) is 5.91 Å². The number of hydrogen-bond acceptors (Lipinski definition) is 6. The van der Waals surface area contributed by atoms with Crippen LogP contribution in [0.25, 0.3) is 0 Å². The van der Waals surface area contributed by atoms with Crippen molar-refractivity contribution in [2.45, 2.75) is 57.5 Å². The van der Waals surface area contributed by atoms with E-state index in [9.17, 15) is 9.59 Å². The van der Waals surface area contributed by atoms with Gasteiger partial charge in [-0.25, -0.2) is 0 Å². The Hall–Kier alpha value is -3.69. The molecule has 5 rings (SSSR count). The summed E-state index contributed by atoms with van der Waals surface area (Å²) < 4.78 is 19.3. The number of anilines is 1. The highest BCUT2D eigenvalue weighted by Gasteiger charge is 2.40. The van der Waals surface area contributed by atoms with E-state index >= 15 is 0 Å². The van der Waals surface area contributed by atoms with Gasteiger partial charge in [0.2, 0.25) is 5.91 Å². The predicted molar refractivity (Wildman–Crippen MR) is 142 cm³/mol. The van der Waals surface area contributed by atoms with Crippen LogP contribution in [0.5, 0.6) is 5.75 Å². The number of amides is 2. The monoisotopic (exact) mass is 518 g/mol. The first-order valence-electron chi connectivity index (χ1n) is 13.1. The van der Waals surface area contributed by atoms with Crippen LogP contribution in [0.1, 0.15) is 53.3 Å². The Morgan fingerprint density at radius 2 is 1.92 bits per heavy atom. The Morgan fingerprint density at radius 3 is 2.71 bits per heavy atom. The van der Waals surface area contributed by atoms with Crippen LogP contribution in [-0.4, -0.2) is 47.0 Å². The third-order valence-electron chi connectivity index (χ3n) is 7.36. The van der Waals surface area contributed by atoms with Crippen molar-refractivity contribution >= 4 is 17.5 Å². The molecule has 2 heterocycles. The van der Waals surface area contributed by atoms with Crippen molar-refractivity contribution in [1.82, 2.24) is 9.78 Å². The summed E-state index contributed by atoms with van der Waals surface area (Å²) in [6, 6.07) is 17.4. The summed E-state index contributed by atoms with van der Waals surface area (Å²) in [5.74, 6) is 0.115. The summed E-state index contributed by atoms with van der Waals surface area (Å²) in [4.78, 5) is 25.2. The van der Waals surface area contributed by atoms with E-state index in [0.717, 1.165) is 42.6 Å². The first-order chi connectivity index (χ1) is 18.5. The zero-order chi connectivity index (χ0) is 26.5. The molecule has 3 aromatic rings. The van der Waals surface area contributed by atoms with E-state index in [-0.39, 0.29) is 24.0 Å². The summed E-state index contributed by atoms with van der Waals surface area (Å²) in [7, 11) is 0. The van der Waals surface area contributed by atoms with Gasteiger partial charge in [0.15, 0.2) is 6.10 Å². The number of nitrogens with zero attached hydrogens (tertiary/aromatic N) is 2. The Kier molecular flexibility index (Phi) is 8.05. The molecule has 0 spiro atoms. The molecule has 2 amide bonds. The van der Waals surface area contributed by atoms with Crippen LogP contribution in [0.2, 0.25) is 0 Å². The number of carbonyl (C=O) groups is 2. The highest BCUT2D eigenvalue weighted by Crippen LogP contribution is 2.38. The molecule has 2 aromatic carbocycles. The number of aryl methyl sites for hydroxylation is 1. The van der Waals surface area contributed by atoms with Crippen LogP contribution in [0.4, 0.5) is 5.69 Å². The van der Waals surface area contributed by atoms with Gasteiger partial charge in [0, 0.05) is 11.9 Å². The molecule has 9 heteroatoms. The molecule has 200 valence electrons. The molecular weight excluding hydrogens is 484 g/mol. The molecule has 1 saturated heterocycles. The van der Waals surface area contributed by atoms with Gasteiger partial charge >= 0.3 is 0 Å². The van der Waals surface area contributed by atoms with Gasteiger partial charge in [-0.15, -0.1) is 0 Å². The highest BCUT2D eigenvalue weighted by atomic mass is 16.6. The second kappa shape index (κ2) is 11.8. The molecule has 1 saturated carbocycles. The van der Waals surface area contributed by atoms with Crippen molar-refractivity contribution in [2.75, 3.05) is 18.5 Å². The summed E-state index contributed by atoms with van der Waals surface area (Å²) >= 11 is 0. The number of nitrogens with one attached hydrogen (secondary N) is 1. The summed E-state index contributed by atoms with van der Waals surface area (Å²) in [6.45, 7) is 3.23. The van der Waals surface area contributed by atoms with Gasteiger partial charge in [-0.1, -0.05) is 36.8 Å². The second-order valence-corrected chi connectivity index (χ2v) is 9.98. The number of benzene rings is 2. The summed E-state index contributed by atoms with van der Waals surface area (Å²) in [5.41, 5.74) is 8.78. The average molecular weight is 519 g/mol. The molecule has 38 heavy (non-hydrogen) atoms. The number of primary amides is 1. The lowest BCUT2D eigenvalue weighted by Crippen LogP contribution is -2.51. The molecule has 0 bridgehead atoms. The van der Waals surface area contributed by atoms with Crippen molar-refractivity contribution < 1.29 is 23.8 Å². The molecular formula is C29H34N4O5. The van der Waals surface area contributed by atoms with E-state index in [1.807, 2.05) is 55.5 Å². The molecule has 4 atom stereocenters. The van der Waals surface area contributed by atoms with Crippen LogP contribution in [0.15, 0.2) is 60.8 Å². The zero-order valence-corrected chi connectivity index (χ0v) is 21.5. The molecule has 2 aliphatic rings. The van der Waals surface area contributed by atoms with Crippen molar-refractivity contribution in [2.24, 2.45) is 11.7 Å². The minimum atomic E-state index is -0.740. The average Bonchev–Trinajstić information content (AvgIpc) is 3.44. The van der Waals surface area contributed by atoms with Crippen LogP contribution in [0.3, 0.4) is 0 Å². The summed E-state index contributed by atoms with van der Waals surface area (Å²) in [6.07, 6.45) is 4.00. The maximum absolute atomic E-state index is 13.3. The standard InChI is InChI=1S/C29H34N4O5/c1-19-16-23(38-18-20-6-3-2-4-7-20)10-11-24(19)32-29(35)25-12-13-31-33(25)22-9-5-8-21(17-22)26-27(28(30)34)37-15-14-36-26/h2-4,6-7,10-13,16,21-22,26-27H,5,8-9,14-15,17-18H2,1H3,(H2,30,34)(H,32,35). The SMILES string of the molecule is Cc1cc(OCc2ccccc2)ccc1NC(=O)c1ccnn1C1CCCC(C2OCCOC2C(N)=O)C1. The van der Waals surface area contributed by atoms with Gasteiger partial charge in [-0.3, -0.25) is 14.3 Å². The van der Waals surface area contributed by atoms with Crippen LogP contribution < -0.4 is 15.8 Å². The maximum atomic E-state index is 13.3. The molecule has 1 aliphatic heterocycles. The van der Waals surface area contributed by atoms with E-state index in [0.29, 0.717) is 31.2 Å². The van der Waals surface area contributed by atoms with Crippen LogP contribution in [-0.2, 0) is 20.9 Å². The van der Waals surface area contributed by atoms with E-state index < -0.39 is 12.0 Å². The summed E-state index contributed by atoms with van der Waals surface area (Å²) in [5, 5.41) is 7.53. The highest BCUT2D eigenvalue weighted by molar-refractivity contribution is 6.03. The minimum absolute atomic E-state index is 0.0124. The lowest BCUT2D eigenvalue weighted by Gasteiger charge is -2.39. The third-order valence-corrected chi connectivity index (χ3v) is 7.36. The molecule has 3 N–H and O–H groups in total. The largest absolute Gasteiger partial charge is 0.489 e. The molecule has 1 aromatic heterocycles. The van der Waals surface area contributed by atoms with Crippen molar-refractivity contribution in [3.63, 3.8) is 0 Å². The third kappa shape index (κ3) is 5.89. The van der Waals surface area contributed by atoms with E-state index in [4.69, 9.17) is 19.9 Å². The quantitative estimate of drug-likeness (QED) is 0.465. The van der Waals surface area contributed by atoms with Crippen LogP contribution >= 0.6 is 0 Å². The maximum Gasteiger partial charge on any atom is 0.273 e. The lowest BCUT2D eigenvalue weighted by molar-refractivity contribution is -0.176. The number of nitrogens with two attached hydrogens (primary N) is 1. The van der Waals surface area contributed by atoms with E-state index in [2.05, 4.69) is 10.4 Å². The smallest absolute Gasteiger partial charge is 0.273 e. The Morgan fingerprint density at radius 1 is 1.11 bits per heavy atom. The molecule has 2 fully saturated rings. The number of rotatable bonds is 8. The molecule has 4 unspecified atom stereocenters. The Labute approximate surface area is 222 Å². The molecule has 1 aliphatic carbocycles. The Bertz CT molecular complexity index is 1260. The molecule has 9 nitrogen and oxygen atoms in total. The minimum Gasteiger partial charge on any atom is -0.489 e. The van der Waals surface area contributed by atoms with Gasteiger partial charge in [-0.05, 0) is 67.5 Å². The number of aromatic nitrogens is 2. The van der Waals surface area contributed by atoms with E-state index in [1.165, 1.54) is 0 Å². The number of hydrogen-bond donors (Lipinski definition) is 2. The first kappa shape index (κ1) is 25.9. The number of carbonyl (C=O) groups excluding carboxylic acids is 2. The fourth-order valence-electron chi connectivity index (χ4n) is 5.47. The predicted octanol–water partition coefficient (Wildman–Crippen LogP) is 4.02. The number of ether oxygens (including phenoxy) is 3. The Balaban J connectivity index is 1.24. The fraction of sp³-hybridized carbons (Fsp3) is 0.414. The van der Waals surface area contributed by atoms with Gasteiger partial charge in [0.1, 0.15) is 18.1 Å². The topological polar surface area (TPSA) is 118 Å². The van der Waals surface area contributed by atoms with Gasteiger partial charge < -0.3 is 25.3 Å². The zero-order valence-electron chi connectivity index (χ0n) is 21.5. The van der Waals surface area contributed by atoms with Crippen molar-refractivity contribution in [3.05, 3.63) is 77.6 Å². The second-order valence-electron chi connectivity index (χ2n) is 9.98. The first-order valence-corrected chi connectivity index (χ1v) is 13.1. The van der Waals surface area contributed by atoms with E-state index in [1.54, 1.807) is 16.9 Å². The van der Waals surface area contributed by atoms with Crippen molar-refractivity contribution in [1.29, 1.82) is 0 Å². The van der Waals surface area contributed by atoms with Gasteiger partial charge in [0.05, 0.1) is 25.4 Å². The normalized spacial score (nSPS) is 23.5. The molecule has 0 radical (unpaired) electrons. The van der Waals surface area contributed by atoms with Crippen LogP contribution in [0, 0.1) is 12.8 Å².